The molecule has 2 aromatic carbocycles. The molecule has 0 unspecified atom stereocenters. The van der Waals surface area contributed by atoms with E-state index in [9.17, 15) is 4.39 Å². The van der Waals surface area contributed by atoms with Gasteiger partial charge >= 0.3 is 0 Å². The first kappa shape index (κ1) is 29.6. The predicted molar refractivity (Wildman–Crippen MR) is 142 cm³/mol. The van der Waals surface area contributed by atoms with E-state index in [1.165, 1.54) is 19.1 Å². The molecule has 0 atom stereocenters. The molecule has 0 aliphatic carbocycles. The quantitative estimate of drug-likeness (QED) is 0.298. The number of nitrogens with two attached hydrogens (primary N) is 1. The fraction of sp³-hybridized carbons (Fsp3) is 0.296. The number of aldehydes is 1. The molecule has 0 aliphatic heterocycles. The summed E-state index contributed by atoms with van der Waals surface area (Å²) in [6, 6.07) is 12.7. The van der Waals surface area contributed by atoms with Crippen LogP contribution in [0.3, 0.4) is 0 Å². The third kappa shape index (κ3) is 11.7. The number of hydrogen-bond acceptors (Lipinski definition) is 5. The predicted octanol–water partition coefficient (Wildman–Crippen LogP) is 6.12. The molecule has 5 nitrogen and oxygen atoms in total. The number of nitrogens with one attached hydrogen (secondary N) is 2. The lowest BCUT2D eigenvalue weighted by Crippen LogP contribution is -2.25. The van der Waals surface area contributed by atoms with Gasteiger partial charge in [0.15, 0.2) is 0 Å². The Morgan fingerprint density at radius 1 is 1.12 bits per heavy atom. The molecule has 0 saturated heterocycles. The molecule has 0 aliphatic rings. The van der Waals surface area contributed by atoms with Gasteiger partial charge in [-0.3, -0.25) is 0 Å². The lowest BCUT2D eigenvalue weighted by atomic mass is 10.1. The van der Waals surface area contributed by atoms with Crippen LogP contribution in [0.4, 0.5) is 21.5 Å². The molecular weight excluding hydrogens is 415 g/mol. The SMILES string of the molecule is C=C(/C=C/CN)CN(Cc1ccc(F)cc1)c1ccc(NC(=C)C)c(NC)c1.CC.CC=O. The first-order valence-corrected chi connectivity index (χ1v) is 11.0. The van der Waals surface area contributed by atoms with Crippen LogP contribution in [0.2, 0.25) is 0 Å². The van der Waals surface area contributed by atoms with E-state index in [-0.39, 0.29) is 5.82 Å². The maximum atomic E-state index is 13.3. The molecule has 0 radical (unpaired) electrons. The maximum Gasteiger partial charge on any atom is 0.123 e. The summed E-state index contributed by atoms with van der Waals surface area (Å²) in [4.78, 5) is 11.0. The molecule has 0 saturated carbocycles. The van der Waals surface area contributed by atoms with E-state index in [0.29, 0.717) is 19.6 Å². The highest BCUT2D eigenvalue weighted by Crippen LogP contribution is 2.29. The zero-order valence-electron chi connectivity index (χ0n) is 20.6. The zero-order chi connectivity index (χ0) is 25.2. The summed E-state index contributed by atoms with van der Waals surface area (Å²) in [7, 11) is 1.88. The van der Waals surface area contributed by atoms with E-state index >= 15 is 0 Å². The van der Waals surface area contributed by atoms with Gasteiger partial charge in [0.05, 0.1) is 11.4 Å². The highest BCUT2D eigenvalue weighted by molar-refractivity contribution is 5.75. The lowest BCUT2D eigenvalue weighted by Gasteiger charge is -2.27. The van der Waals surface area contributed by atoms with Crippen LogP contribution < -0.4 is 21.3 Å². The van der Waals surface area contributed by atoms with Crippen LogP contribution in [0, 0.1) is 5.82 Å². The summed E-state index contributed by atoms with van der Waals surface area (Å²) in [5.74, 6) is -0.238. The van der Waals surface area contributed by atoms with Crippen molar-refractivity contribution in [3.63, 3.8) is 0 Å². The third-order valence-corrected chi connectivity index (χ3v) is 4.16. The van der Waals surface area contributed by atoms with E-state index in [1.807, 2.05) is 46.0 Å². The molecule has 0 amide bonds. The molecule has 2 rings (SSSR count). The molecule has 33 heavy (non-hydrogen) atoms. The summed E-state index contributed by atoms with van der Waals surface area (Å²) in [5.41, 5.74) is 11.3. The van der Waals surface area contributed by atoms with Gasteiger partial charge in [0.2, 0.25) is 0 Å². The van der Waals surface area contributed by atoms with E-state index < -0.39 is 0 Å². The number of nitrogens with zero attached hydrogens (tertiary/aromatic N) is 1. The van der Waals surface area contributed by atoms with Gasteiger partial charge in [0.25, 0.3) is 0 Å². The zero-order valence-corrected chi connectivity index (χ0v) is 20.6. The first-order chi connectivity index (χ1) is 15.8. The van der Waals surface area contributed by atoms with Crippen LogP contribution in [0.15, 0.2) is 79.0 Å². The summed E-state index contributed by atoms with van der Waals surface area (Å²) >= 11 is 0. The lowest BCUT2D eigenvalue weighted by molar-refractivity contribution is -0.106. The van der Waals surface area contributed by atoms with Crippen molar-refractivity contribution in [3.8, 4) is 0 Å². The highest BCUT2D eigenvalue weighted by atomic mass is 19.1. The van der Waals surface area contributed by atoms with E-state index in [1.54, 1.807) is 12.1 Å². The Morgan fingerprint density at radius 2 is 1.73 bits per heavy atom. The number of carbonyl (C=O) groups is 1. The largest absolute Gasteiger partial charge is 0.386 e. The van der Waals surface area contributed by atoms with Crippen molar-refractivity contribution in [1.29, 1.82) is 0 Å². The van der Waals surface area contributed by atoms with Crippen molar-refractivity contribution in [2.75, 3.05) is 35.7 Å². The molecule has 0 heterocycles. The molecule has 0 spiro atoms. The van der Waals surface area contributed by atoms with Gasteiger partial charge in [-0.05, 0) is 55.3 Å². The Balaban J connectivity index is 0.00000189. The van der Waals surface area contributed by atoms with Gasteiger partial charge in [0.1, 0.15) is 12.1 Å². The van der Waals surface area contributed by atoms with Gasteiger partial charge in [-0.15, -0.1) is 0 Å². The standard InChI is InChI=1S/C23H29FN4.C2H4O.C2H6/c1-17(2)27-22-12-11-21(14-23(22)26-4)28(15-18(3)6-5-13-25)16-19-7-9-20(24)10-8-19;1-2-3;1-2/h5-12,14,26-27H,1,3,13,15-16,25H2,2,4H3;2H,1H3;1-2H3/b6-5+;;. The van der Waals surface area contributed by atoms with Gasteiger partial charge in [-0.1, -0.05) is 51.3 Å². The molecule has 0 fully saturated rings. The number of rotatable bonds is 10. The second-order valence-corrected chi connectivity index (χ2v) is 6.90. The number of carbonyl (C=O) groups excluding carboxylic acids is 1. The molecule has 180 valence electrons. The Kier molecular flexibility index (Phi) is 15.4. The normalized spacial score (nSPS) is 9.67. The van der Waals surface area contributed by atoms with Crippen molar-refractivity contribution < 1.29 is 9.18 Å². The highest BCUT2D eigenvalue weighted by Gasteiger charge is 2.11. The van der Waals surface area contributed by atoms with Gasteiger partial charge in [-0.2, -0.15) is 0 Å². The van der Waals surface area contributed by atoms with Gasteiger partial charge in [0, 0.05) is 38.1 Å². The maximum absolute atomic E-state index is 13.3. The van der Waals surface area contributed by atoms with Crippen molar-refractivity contribution >= 4 is 23.3 Å². The summed E-state index contributed by atoms with van der Waals surface area (Å²) < 4.78 is 13.3. The van der Waals surface area contributed by atoms with E-state index in [2.05, 4.69) is 40.8 Å². The number of halogens is 1. The minimum Gasteiger partial charge on any atom is -0.386 e. The smallest absolute Gasteiger partial charge is 0.123 e. The monoisotopic (exact) mass is 454 g/mol. The number of hydrogen-bond donors (Lipinski definition) is 3. The van der Waals surface area contributed by atoms with Crippen LogP contribution in [0.1, 0.15) is 33.3 Å². The average Bonchev–Trinajstić information content (AvgIpc) is 2.80. The second kappa shape index (κ2) is 17.2. The minimum absolute atomic E-state index is 0.238. The number of benzene rings is 2. The van der Waals surface area contributed by atoms with Crippen LogP contribution in [-0.2, 0) is 11.3 Å². The fourth-order valence-electron chi connectivity index (χ4n) is 2.86. The number of allylic oxidation sites excluding steroid dienone is 1. The van der Waals surface area contributed by atoms with E-state index in [4.69, 9.17) is 10.5 Å². The fourth-order valence-corrected chi connectivity index (χ4v) is 2.86. The third-order valence-electron chi connectivity index (χ3n) is 4.16. The Hall–Kier alpha value is -3.38. The molecule has 4 N–H and O–H groups in total. The Labute approximate surface area is 198 Å². The Bertz CT molecular complexity index is 891. The Morgan fingerprint density at radius 3 is 2.24 bits per heavy atom. The second-order valence-electron chi connectivity index (χ2n) is 6.90. The molecule has 2 aromatic rings. The van der Waals surface area contributed by atoms with Crippen molar-refractivity contribution in [2.24, 2.45) is 5.73 Å². The van der Waals surface area contributed by atoms with E-state index in [0.717, 1.165) is 40.2 Å². The van der Waals surface area contributed by atoms with Crippen molar-refractivity contribution in [1.82, 2.24) is 0 Å². The van der Waals surface area contributed by atoms with Crippen LogP contribution in [0.25, 0.3) is 0 Å². The van der Waals surface area contributed by atoms with Gasteiger partial charge < -0.3 is 26.1 Å². The van der Waals surface area contributed by atoms with Crippen LogP contribution in [0.5, 0.6) is 0 Å². The molecule has 0 bridgehead atoms. The summed E-state index contributed by atoms with van der Waals surface area (Å²) in [6.45, 7) is 17.1. The average molecular weight is 455 g/mol. The van der Waals surface area contributed by atoms with Gasteiger partial charge in [-0.25, -0.2) is 4.39 Å². The van der Waals surface area contributed by atoms with Crippen LogP contribution >= 0.6 is 0 Å². The minimum atomic E-state index is -0.238. The van der Waals surface area contributed by atoms with Crippen molar-refractivity contribution in [2.45, 2.75) is 34.2 Å². The molecular formula is C27H39FN4O. The summed E-state index contributed by atoms with van der Waals surface area (Å²) in [5, 5.41) is 6.48. The number of anilines is 3. The molecule has 0 aromatic heterocycles. The molecule has 6 heteroatoms. The van der Waals surface area contributed by atoms with Crippen molar-refractivity contribution in [3.05, 3.63) is 90.4 Å². The summed E-state index contributed by atoms with van der Waals surface area (Å²) in [6.07, 6.45) is 4.57. The topological polar surface area (TPSA) is 70.4 Å². The van der Waals surface area contributed by atoms with Crippen LogP contribution in [-0.4, -0.2) is 26.4 Å². The first-order valence-electron chi connectivity index (χ1n) is 11.0.